The number of allylic oxidation sites excluding steroid dienone is 6. The van der Waals surface area contributed by atoms with Crippen LogP contribution in [0.1, 0.15) is 124 Å². The Morgan fingerprint density at radius 3 is 1.68 bits per heavy atom. The van der Waals surface area contributed by atoms with E-state index in [0.717, 1.165) is 50.9 Å². The monoisotopic (exact) mass is 622 g/mol. The molecule has 8 nitrogen and oxygen atoms in total. The van der Waals surface area contributed by atoms with Crippen molar-refractivity contribution in [1.82, 2.24) is 0 Å². The first-order valence-corrected chi connectivity index (χ1v) is 16.9. The lowest BCUT2D eigenvalue weighted by Gasteiger charge is -2.14. The summed E-state index contributed by atoms with van der Waals surface area (Å²) >= 11 is 0. The van der Waals surface area contributed by atoms with Crippen molar-refractivity contribution in [2.75, 3.05) is 13.2 Å². The second kappa shape index (κ2) is 29.5. The number of aliphatic hydroxyl groups excluding tert-OH is 4. The molecule has 0 rings (SSSR count). The maximum atomic E-state index is 11.9. The Labute approximate surface area is 266 Å². The molecule has 4 N–H and O–H groups in total. The Bertz CT molecular complexity index is 817. The van der Waals surface area contributed by atoms with Gasteiger partial charge in [-0.15, -0.1) is 0 Å². The van der Waals surface area contributed by atoms with Crippen LogP contribution in [0.4, 0.5) is 0 Å². The largest absolute Gasteiger partial charge is 0.463 e. The summed E-state index contributed by atoms with van der Waals surface area (Å²) in [6.07, 6.45) is 24.1. The summed E-state index contributed by atoms with van der Waals surface area (Å²) in [5.74, 6) is -0.124. The fraction of sp³-hybridized carbons (Fsp3) is 0.722. The third-order valence-corrected chi connectivity index (χ3v) is 7.11. The molecule has 0 saturated heterocycles. The van der Waals surface area contributed by atoms with E-state index >= 15 is 0 Å². The smallest absolute Gasteiger partial charge is 0.305 e. The van der Waals surface area contributed by atoms with Gasteiger partial charge in [-0.3, -0.25) is 9.59 Å². The fourth-order valence-corrected chi connectivity index (χ4v) is 4.36. The summed E-state index contributed by atoms with van der Waals surface area (Å²) in [7, 11) is 0. The predicted molar refractivity (Wildman–Crippen MR) is 177 cm³/mol. The molecule has 0 aromatic carbocycles. The zero-order valence-corrected chi connectivity index (χ0v) is 27.7. The van der Waals surface area contributed by atoms with Gasteiger partial charge in [-0.2, -0.15) is 0 Å². The van der Waals surface area contributed by atoms with Gasteiger partial charge in [0, 0.05) is 12.8 Å². The third kappa shape index (κ3) is 28.5. The number of unbranched alkanes of at least 4 members (excludes halogenated alkanes) is 8. The molecule has 0 bridgehead atoms. The van der Waals surface area contributed by atoms with Crippen molar-refractivity contribution >= 4 is 11.9 Å². The Balaban J connectivity index is 3.89. The molecule has 0 heterocycles. The molecule has 0 aliphatic heterocycles. The van der Waals surface area contributed by atoms with Crippen LogP contribution in [0.15, 0.2) is 48.6 Å². The first-order valence-electron chi connectivity index (χ1n) is 16.9. The summed E-state index contributed by atoms with van der Waals surface area (Å²) in [6, 6.07) is 0. The van der Waals surface area contributed by atoms with Gasteiger partial charge in [-0.1, -0.05) is 134 Å². The molecule has 0 aromatic heterocycles. The summed E-state index contributed by atoms with van der Waals surface area (Å²) in [5.41, 5.74) is 0. The molecule has 4 atom stereocenters. The number of carbonyl (C=O) groups excluding carboxylic acids is 2. The average molecular weight is 623 g/mol. The molecule has 0 aliphatic rings. The topological polar surface area (TPSA) is 134 Å². The molecule has 0 aromatic rings. The Kier molecular flexibility index (Phi) is 27.9. The molecule has 44 heavy (non-hydrogen) atoms. The number of hydrogen-bond acceptors (Lipinski definition) is 8. The van der Waals surface area contributed by atoms with Crippen LogP contribution in [0.2, 0.25) is 0 Å². The van der Waals surface area contributed by atoms with E-state index in [9.17, 15) is 30.0 Å². The zero-order valence-electron chi connectivity index (χ0n) is 27.7. The highest BCUT2D eigenvalue weighted by Crippen LogP contribution is 2.13. The summed E-state index contributed by atoms with van der Waals surface area (Å²) in [4.78, 5) is 23.8. The number of ether oxygens (including phenoxy) is 2. The van der Waals surface area contributed by atoms with Gasteiger partial charge in [0.25, 0.3) is 0 Å². The highest BCUT2D eigenvalue weighted by Gasteiger charge is 2.15. The fourth-order valence-electron chi connectivity index (χ4n) is 4.36. The number of hydrogen-bond donors (Lipinski definition) is 4. The van der Waals surface area contributed by atoms with Crippen molar-refractivity contribution in [2.24, 2.45) is 5.92 Å². The van der Waals surface area contributed by atoms with Crippen molar-refractivity contribution in [3.8, 4) is 0 Å². The molecular formula is C36H62O8. The first kappa shape index (κ1) is 41.7. The minimum absolute atomic E-state index is 0.0310. The van der Waals surface area contributed by atoms with Crippen LogP contribution in [0.5, 0.6) is 0 Å². The molecule has 0 fully saturated rings. The Hall–Kier alpha value is -2.26. The maximum Gasteiger partial charge on any atom is 0.305 e. The lowest BCUT2D eigenvalue weighted by molar-refractivity contribution is -0.152. The van der Waals surface area contributed by atoms with Crippen LogP contribution in [0.25, 0.3) is 0 Å². The van der Waals surface area contributed by atoms with E-state index in [1.165, 1.54) is 38.2 Å². The van der Waals surface area contributed by atoms with E-state index in [-0.39, 0.29) is 32.0 Å². The van der Waals surface area contributed by atoms with Crippen molar-refractivity contribution in [1.29, 1.82) is 0 Å². The van der Waals surface area contributed by atoms with E-state index in [1.807, 2.05) is 6.08 Å². The highest BCUT2D eigenvalue weighted by atomic mass is 16.6. The number of aliphatic hydroxyl groups is 4. The van der Waals surface area contributed by atoms with Gasteiger partial charge in [0.05, 0.1) is 18.3 Å². The van der Waals surface area contributed by atoms with Crippen molar-refractivity contribution in [3.63, 3.8) is 0 Å². The van der Waals surface area contributed by atoms with Gasteiger partial charge in [-0.25, -0.2) is 0 Å². The number of carbonyl (C=O) groups is 2. The second-order valence-corrected chi connectivity index (χ2v) is 12.0. The molecule has 0 amide bonds. The SMILES string of the molecule is CCCCC[C@@H](O)/C=C/C=C\C=C\C=C\[C@@H](O)[C@H](O)CCCC(=O)OC[C@@H](O)COC(=O)CCCCCCCCCC(C)C. The lowest BCUT2D eigenvalue weighted by Crippen LogP contribution is -2.26. The Morgan fingerprint density at radius 1 is 0.591 bits per heavy atom. The van der Waals surface area contributed by atoms with E-state index < -0.39 is 30.4 Å². The van der Waals surface area contributed by atoms with Gasteiger partial charge < -0.3 is 29.9 Å². The second-order valence-electron chi connectivity index (χ2n) is 12.0. The van der Waals surface area contributed by atoms with E-state index in [1.54, 1.807) is 36.5 Å². The van der Waals surface area contributed by atoms with Crippen molar-refractivity contribution in [2.45, 2.75) is 148 Å². The van der Waals surface area contributed by atoms with Gasteiger partial charge in [0.15, 0.2) is 0 Å². The van der Waals surface area contributed by atoms with Crippen LogP contribution in [0, 0.1) is 5.92 Å². The van der Waals surface area contributed by atoms with Crippen LogP contribution >= 0.6 is 0 Å². The van der Waals surface area contributed by atoms with Gasteiger partial charge in [-0.05, 0) is 31.6 Å². The standard InChI is InChI=1S/C36H62O8/c1-4-5-15-22-31(37)23-17-12-9-10-13-18-24-33(39)34(40)25-20-27-36(42)44-29-32(38)28-43-35(41)26-19-14-8-6-7-11-16-21-30(2)3/h9-10,12-13,17-18,23-24,30-34,37-40H,4-8,11,14-16,19-22,25-29H2,1-3H3/b12-9-,13-10+,23-17+,24-18+/t31-,32+,33-,34-/m1/s1. The highest BCUT2D eigenvalue weighted by molar-refractivity contribution is 5.69. The minimum Gasteiger partial charge on any atom is -0.463 e. The molecule has 0 saturated carbocycles. The van der Waals surface area contributed by atoms with Crippen LogP contribution in [-0.4, -0.2) is 70.0 Å². The summed E-state index contributed by atoms with van der Waals surface area (Å²) in [6.45, 7) is 6.14. The first-order chi connectivity index (χ1) is 21.1. The molecule has 254 valence electrons. The van der Waals surface area contributed by atoms with E-state index in [4.69, 9.17) is 9.47 Å². The normalized spacial score (nSPS) is 15.1. The van der Waals surface area contributed by atoms with Gasteiger partial charge >= 0.3 is 11.9 Å². The van der Waals surface area contributed by atoms with E-state index in [2.05, 4.69) is 20.8 Å². The average Bonchev–Trinajstić information content (AvgIpc) is 2.99. The third-order valence-electron chi connectivity index (χ3n) is 7.11. The molecule has 0 radical (unpaired) electrons. The summed E-state index contributed by atoms with van der Waals surface area (Å²) in [5, 5.41) is 39.9. The van der Waals surface area contributed by atoms with Crippen molar-refractivity contribution in [3.05, 3.63) is 48.6 Å². The number of esters is 2. The molecular weight excluding hydrogens is 560 g/mol. The predicted octanol–water partition coefficient (Wildman–Crippen LogP) is 6.66. The van der Waals surface area contributed by atoms with Gasteiger partial charge in [0.2, 0.25) is 0 Å². The maximum absolute atomic E-state index is 11.9. The lowest BCUT2D eigenvalue weighted by atomic mass is 10.0. The van der Waals surface area contributed by atoms with Gasteiger partial charge in [0.1, 0.15) is 19.3 Å². The van der Waals surface area contributed by atoms with Crippen LogP contribution in [0.3, 0.4) is 0 Å². The van der Waals surface area contributed by atoms with Crippen molar-refractivity contribution < 1.29 is 39.5 Å². The Morgan fingerprint density at radius 2 is 1.09 bits per heavy atom. The van der Waals surface area contributed by atoms with Crippen LogP contribution < -0.4 is 0 Å². The van der Waals surface area contributed by atoms with E-state index in [0.29, 0.717) is 12.8 Å². The van der Waals surface area contributed by atoms with Crippen LogP contribution in [-0.2, 0) is 19.1 Å². The zero-order chi connectivity index (χ0) is 32.8. The molecule has 0 unspecified atom stereocenters. The molecule has 0 spiro atoms. The minimum atomic E-state index is -1.09. The number of rotatable bonds is 28. The summed E-state index contributed by atoms with van der Waals surface area (Å²) < 4.78 is 10.1. The molecule has 8 heteroatoms. The molecule has 0 aliphatic carbocycles. The quantitative estimate of drug-likeness (QED) is 0.0433.